The van der Waals surface area contributed by atoms with Gasteiger partial charge in [-0.15, -0.1) is 0 Å². The summed E-state index contributed by atoms with van der Waals surface area (Å²) < 4.78 is 0. The molecule has 0 unspecified atom stereocenters. The fourth-order valence-electron chi connectivity index (χ4n) is 0.329. The molecule has 1 rings (SSSR count). The van der Waals surface area contributed by atoms with E-state index in [0.29, 0.717) is 0 Å². The van der Waals surface area contributed by atoms with Gasteiger partial charge in [0.1, 0.15) is 0 Å². The number of hydrogen-bond acceptors (Lipinski definition) is 3. The largest absolute Gasteiger partial charge is 0.307 e. The molecule has 8 heavy (non-hydrogen) atoms. The van der Waals surface area contributed by atoms with Gasteiger partial charge in [0.25, 0.3) is 5.56 Å². The van der Waals surface area contributed by atoms with E-state index in [9.17, 15) is 9.59 Å². The third-order valence-corrected chi connectivity index (χ3v) is 1.21. The summed E-state index contributed by atoms with van der Waals surface area (Å²) >= 11 is 0.970. The molecule has 0 aliphatic heterocycles. The average Bonchev–Trinajstić information content (AvgIpc) is 1.64. The Morgan fingerprint density at radius 2 is 2.25 bits per heavy atom. The standard InChI is InChI=1S/C4H3NO2S/c6-3-1-2-8-4(7)5-3/h1-2H,(H,5,6,7). The Morgan fingerprint density at radius 3 is 2.62 bits per heavy atom. The van der Waals surface area contributed by atoms with Crippen molar-refractivity contribution in [3.05, 3.63) is 31.5 Å². The molecule has 0 amide bonds. The third-order valence-electron chi connectivity index (χ3n) is 0.620. The lowest BCUT2D eigenvalue weighted by Crippen LogP contribution is -2.12. The summed E-state index contributed by atoms with van der Waals surface area (Å²) in [7, 11) is 0. The summed E-state index contributed by atoms with van der Waals surface area (Å²) in [5.41, 5.74) is -0.339. The Balaban J connectivity index is 3.50. The molecule has 3 nitrogen and oxygen atoms in total. The van der Waals surface area contributed by atoms with Crippen molar-refractivity contribution in [1.29, 1.82) is 0 Å². The molecule has 1 aromatic heterocycles. The Bertz CT molecular complexity index is 248. The van der Waals surface area contributed by atoms with Gasteiger partial charge in [0.15, 0.2) is 0 Å². The van der Waals surface area contributed by atoms with E-state index in [1.165, 1.54) is 11.4 Å². The molecule has 1 N–H and O–H groups in total. The maximum Gasteiger partial charge on any atom is 0.307 e. The Hall–Kier alpha value is -0.900. The molecule has 0 aliphatic rings. The molecule has 1 heterocycles. The highest BCUT2D eigenvalue weighted by Crippen LogP contribution is 1.73. The first-order chi connectivity index (χ1) is 3.79. The minimum atomic E-state index is -0.339. The molecular formula is C4H3NO2S. The monoisotopic (exact) mass is 129 g/mol. The SMILES string of the molecule is O=c1ccsc(=O)[nH]1. The van der Waals surface area contributed by atoms with E-state index >= 15 is 0 Å². The predicted molar refractivity (Wildman–Crippen MR) is 31.2 cm³/mol. The predicted octanol–water partition coefficient (Wildman–Crippen LogP) is -0.203. The van der Waals surface area contributed by atoms with Gasteiger partial charge in [0.2, 0.25) is 0 Å². The lowest BCUT2D eigenvalue weighted by atomic mass is 10.7. The van der Waals surface area contributed by atoms with Gasteiger partial charge < -0.3 is 0 Å². The van der Waals surface area contributed by atoms with Crippen LogP contribution in [0.15, 0.2) is 21.0 Å². The molecule has 0 fully saturated rings. The zero-order chi connectivity index (χ0) is 5.98. The van der Waals surface area contributed by atoms with Crippen LogP contribution in [0.4, 0.5) is 0 Å². The highest BCUT2D eigenvalue weighted by molar-refractivity contribution is 7.06. The van der Waals surface area contributed by atoms with Gasteiger partial charge in [-0.25, -0.2) is 0 Å². The van der Waals surface area contributed by atoms with E-state index in [0.717, 1.165) is 11.3 Å². The van der Waals surface area contributed by atoms with Gasteiger partial charge in [-0.05, 0) is 0 Å². The van der Waals surface area contributed by atoms with Crippen LogP contribution in [0.1, 0.15) is 0 Å². The number of rotatable bonds is 0. The first-order valence-corrected chi connectivity index (χ1v) is 2.85. The fourth-order valence-corrected chi connectivity index (χ4v) is 0.804. The molecule has 42 valence electrons. The highest BCUT2D eigenvalue weighted by atomic mass is 32.1. The smallest absolute Gasteiger partial charge is 0.280 e. The van der Waals surface area contributed by atoms with Crippen molar-refractivity contribution in [3.63, 3.8) is 0 Å². The van der Waals surface area contributed by atoms with E-state index in [4.69, 9.17) is 0 Å². The summed E-state index contributed by atoms with van der Waals surface area (Å²) in [5.74, 6) is 0. The maximum atomic E-state index is 10.3. The Labute approximate surface area is 48.6 Å². The van der Waals surface area contributed by atoms with Crippen molar-refractivity contribution in [3.8, 4) is 0 Å². The van der Waals surface area contributed by atoms with Gasteiger partial charge in [-0.1, -0.05) is 11.3 Å². The van der Waals surface area contributed by atoms with Crippen molar-refractivity contribution in [2.75, 3.05) is 0 Å². The summed E-state index contributed by atoms with van der Waals surface area (Å²) in [6.07, 6.45) is 0. The topological polar surface area (TPSA) is 49.9 Å². The molecule has 0 saturated heterocycles. The van der Waals surface area contributed by atoms with Crippen LogP contribution in [0.2, 0.25) is 0 Å². The quantitative estimate of drug-likeness (QED) is 0.527. The highest BCUT2D eigenvalue weighted by Gasteiger charge is 1.79. The van der Waals surface area contributed by atoms with Gasteiger partial charge in [-0.3, -0.25) is 14.6 Å². The van der Waals surface area contributed by atoms with Crippen molar-refractivity contribution in [2.24, 2.45) is 0 Å². The van der Waals surface area contributed by atoms with E-state index in [1.54, 1.807) is 0 Å². The Morgan fingerprint density at radius 1 is 1.50 bits per heavy atom. The average molecular weight is 129 g/mol. The van der Waals surface area contributed by atoms with Gasteiger partial charge in [0.05, 0.1) is 0 Å². The first-order valence-electron chi connectivity index (χ1n) is 1.97. The lowest BCUT2D eigenvalue weighted by Gasteiger charge is -1.72. The number of H-pyrrole nitrogens is 1. The maximum absolute atomic E-state index is 10.3. The van der Waals surface area contributed by atoms with E-state index in [2.05, 4.69) is 4.98 Å². The zero-order valence-corrected chi connectivity index (χ0v) is 4.70. The number of nitrogens with one attached hydrogen (secondary N) is 1. The molecule has 4 heteroatoms. The summed E-state index contributed by atoms with van der Waals surface area (Å²) in [6, 6.07) is 1.31. The molecular weight excluding hydrogens is 126 g/mol. The van der Waals surface area contributed by atoms with Crippen LogP contribution >= 0.6 is 11.3 Å². The minimum Gasteiger partial charge on any atom is -0.280 e. The van der Waals surface area contributed by atoms with E-state index in [1.807, 2.05) is 0 Å². The van der Waals surface area contributed by atoms with E-state index < -0.39 is 0 Å². The van der Waals surface area contributed by atoms with Crippen molar-refractivity contribution in [2.45, 2.75) is 0 Å². The van der Waals surface area contributed by atoms with Crippen LogP contribution in [-0.2, 0) is 0 Å². The molecule has 0 spiro atoms. The molecule has 0 atom stereocenters. The molecule has 0 aliphatic carbocycles. The van der Waals surface area contributed by atoms with Gasteiger partial charge >= 0.3 is 4.87 Å². The van der Waals surface area contributed by atoms with E-state index in [-0.39, 0.29) is 10.4 Å². The summed E-state index contributed by atoms with van der Waals surface area (Å²) in [4.78, 5) is 22.3. The van der Waals surface area contributed by atoms with Crippen LogP contribution in [-0.4, -0.2) is 4.98 Å². The van der Waals surface area contributed by atoms with Crippen LogP contribution in [0.5, 0.6) is 0 Å². The number of hydrogen-bond donors (Lipinski definition) is 1. The number of aromatic nitrogens is 1. The van der Waals surface area contributed by atoms with Crippen LogP contribution in [0.3, 0.4) is 0 Å². The number of aromatic amines is 1. The summed E-state index contributed by atoms with van der Waals surface area (Å²) in [5, 5.41) is 1.46. The van der Waals surface area contributed by atoms with Crippen LogP contribution < -0.4 is 10.4 Å². The van der Waals surface area contributed by atoms with Gasteiger partial charge in [-0.2, -0.15) is 0 Å². The second kappa shape index (κ2) is 1.92. The molecule has 0 bridgehead atoms. The van der Waals surface area contributed by atoms with Crippen LogP contribution in [0.25, 0.3) is 0 Å². The molecule has 1 aromatic rings. The van der Waals surface area contributed by atoms with Crippen molar-refractivity contribution < 1.29 is 0 Å². The molecule has 0 aromatic carbocycles. The molecule has 0 saturated carbocycles. The lowest BCUT2D eigenvalue weighted by molar-refractivity contribution is 1.23. The van der Waals surface area contributed by atoms with Crippen LogP contribution in [0, 0.1) is 0 Å². The fraction of sp³-hybridized carbons (Fsp3) is 0. The Kier molecular flexibility index (Phi) is 1.26. The third kappa shape index (κ3) is 1.04. The summed E-state index contributed by atoms with van der Waals surface area (Å²) in [6.45, 7) is 0. The first kappa shape index (κ1) is 5.24. The zero-order valence-electron chi connectivity index (χ0n) is 3.88. The second-order valence-electron chi connectivity index (χ2n) is 1.20. The second-order valence-corrected chi connectivity index (χ2v) is 2.08. The van der Waals surface area contributed by atoms with Crippen molar-refractivity contribution >= 4 is 11.3 Å². The molecule has 0 radical (unpaired) electrons. The normalized spacial score (nSPS) is 9.00. The van der Waals surface area contributed by atoms with Gasteiger partial charge in [0, 0.05) is 11.4 Å². The minimum absolute atomic E-state index is 0.308. The van der Waals surface area contributed by atoms with Crippen molar-refractivity contribution in [1.82, 2.24) is 4.98 Å².